The predicted octanol–water partition coefficient (Wildman–Crippen LogP) is 3.93. The number of benzene rings is 1. The van der Waals surface area contributed by atoms with E-state index in [2.05, 4.69) is 9.80 Å². The van der Waals surface area contributed by atoms with Crippen molar-refractivity contribution < 1.29 is 4.39 Å². The minimum absolute atomic E-state index is 0.255. The Balaban J connectivity index is 1.60. The Morgan fingerprint density at radius 2 is 1.90 bits per heavy atom. The van der Waals surface area contributed by atoms with Crippen LogP contribution in [0.1, 0.15) is 37.7 Å². The first-order chi connectivity index (χ1) is 10.2. The number of piperidine rings is 1. The summed E-state index contributed by atoms with van der Waals surface area (Å²) in [4.78, 5) is 5.13. The van der Waals surface area contributed by atoms with Gasteiger partial charge in [-0.15, -0.1) is 0 Å². The highest BCUT2D eigenvalue weighted by atomic mass is 35.5. The first kappa shape index (κ1) is 15.3. The maximum Gasteiger partial charge on any atom is 0.124 e. The van der Waals surface area contributed by atoms with Crippen LogP contribution in [0.4, 0.5) is 4.39 Å². The summed E-state index contributed by atoms with van der Waals surface area (Å²) in [7, 11) is 0. The Bertz CT molecular complexity index is 474. The second-order valence-corrected chi connectivity index (χ2v) is 6.77. The molecule has 21 heavy (non-hydrogen) atoms. The summed E-state index contributed by atoms with van der Waals surface area (Å²) in [5, 5.41) is 0.554. The lowest BCUT2D eigenvalue weighted by Crippen LogP contribution is -2.42. The first-order valence-corrected chi connectivity index (χ1v) is 8.50. The van der Waals surface area contributed by atoms with E-state index in [0.29, 0.717) is 11.1 Å². The highest BCUT2D eigenvalue weighted by Gasteiger charge is 2.27. The summed E-state index contributed by atoms with van der Waals surface area (Å²) >= 11 is 6.17. The number of nitrogens with zero attached hydrogens (tertiary/aromatic N) is 2. The lowest BCUT2D eigenvalue weighted by molar-refractivity contribution is 0.149. The minimum atomic E-state index is -0.255. The number of hydrogen-bond donors (Lipinski definition) is 0. The van der Waals surface area contributed by atoms with E-state index in [1.165, 1.54) is 63.9 Å². The van der Waals surface area contributed by atoms with Crippen LogP contribution in [0.3, 0.4) is 0 Å². The Morgan fingerprint density at radius 1 is 1.10 bits per heavy atom. The smallest absolute Gasteiger partial charge is 0.124 e. The van der Waals surface area contributed by atoms with Crippen molar-refractivity contribution in [2.24, 2.45) is 0 Å². The summed E-state index contributed by atoms with van der Waals surface area (Å²) < 4.78 is 13.1. The molecule has 2 heterocycles. The van der Waals surface area contributed by atoms with Crippen molar-refractivity contribution in [3.05, 3.63) is 34.6 Å². The van der Waals surface area contributed by atoms with E-state index in [1.807, 2.05) is 6.07 Å². The monoisotopic (exact) mass is 310 g/mol. The molecule has 0 amide bonds. The second-order valence-electron chi connectivity index (χ2n) is 6.36. The van der Waals surface area contributed by atoms with Crippen molar-refractivity contribution in [3.63, 3.8) is 0 Å². The molecule has 2 nitrogen and oxygen atoms in total. The van der Waals surface area contributed by atoms with Crippen LogP contribution >= 0.6 is 11.6 Å². The van der Waals surface area contributed by atoms with Gasteiger partial charge in [-0.05, 0) is 63.0 Å². The molecule has 0 aliphatic carbocycles. The normalized spacial score (nSPS) is 24.6. The van der Waals surface area contributed by atoms with E-state index < -0.39 is 0 Å². The lowest BCUT2D eigenvalue weighted by atomic mass is 10.1. The molecular formula is C17H24ClFN2. The molecule has 2 aliphatic rings. The maximum absolute atomic E-state index is 13.1. The Morgan fingerprint density at radius 3 is 2.67 bits per heavy atom. The van der Waals surface area contributed by atoms with Crippen LogP contribution in [-0.4, -0.2) is 42.0 Å². The van der Waals surface area contributed by atoms with Crippen LogP contribution in [0.2, 0.25) is 5.02 Å². The SMILES string of the molecule is Fc1ccc(CN2CCCC2CN2CCCCC2)c(Cl)c1. The Hall–Kier alpha value is -0.640. The third kappa shape index (κ3) is 3.97. The van der Waals surface area contributed by atoms with E-state index in [4.69, 9.17) is 11.6 Å². The number of rotatable bonds is 4. The highest BCUT2D eigenvalue weighted by Crippen LogP contribution is 2.25. The standard InChI is InChI=1S/C17H24ClFN2/c18-17-11-15(19)7-6-14(17)12-21-10-4-5-16(21)13-20-8-2-1-3-9-20/h6-7,11,16H,1-5,8-10,12-13H2. The van der Waals surface area contributed by atoms with Gasteiger partial charge in [0.1, 0.15) is 5.82 Å². The molecule has 1 atom stereocenters. The molecule has 2 fully saturated rings. The second kappa shape index (κ2) is 7.08. The van der Waals surface area contributed by atoms with Crippen LogP contribution in [-0.2, 0) is 6.54 Å². The Kier molecular flexibility index (Phi) is 5.15. The summed E-state index contributed by atoms with van der Waals surface area (Å²) in [5.41, 5.74) is 1.05. The summed E-state index contributed by atoms with van der Waals surface area (Å²) in [6.45, 7) is 5.66. The van der Waals surface area contributed by atoms with Crippen molar-refractivity contribution in [2.45, 2.75) is 44.7 Å². The van der Waals surface area contributed by atoms with Crippen LogP contribution in [0.25, 0.3) is 0 Å². The number of likely N-dealkylation sites (tertiary alicyclic amines) is 2. The first-order valence-electron chi connectivity index (χ1n) is 8.13. The molecule has 0 spiro atoms. The topological polar surface area (TPSA) is 6.48 Å². The molecule has 1 aromatic carbocycles. The van der Waals surface area contributed by atoms with E-state index in [0.717, 1.165) is 18.7 Å². The van der Waals surface area contributed by atoms with Crippen molar-refractivity contribution >= 4 is 11.6 Å². The van der Waals surface area contributed by atoms with Crippen LogP contribution < -0.4 is 0 Å². The fraction of sp³-hybridized carbons (Fsp3) is 0.647. The van der Waals surface area contributed by atoms with E-state index in [1.54, 1.807) is 0 Å². The van der Waals surface area contributed by atoms with Gasteiger partial charge >= 0.3 is 0 Å². The molecule has 2 saturated heterocycles. The summed E-state index contributed by atoms with van der Waals surface area (Å²) in [6, 6.07) is 5.39. The third-order valence-corrected chi connectivity index (χ3v) is 5.16. The highest BCUT2D eigenvalue weighted by molar-refractivity contribution is 6.31. The largest absolute Gasteiger partial charge is 0.302 e. The predicted molar refractivity (Wildman–Crippen MR) is 85.1 cm³/mol. The van der Waals surface area contributed by atoms with Crippen molar-refractivity contribution in [1.82, 2.24) is 9.80 Å². The zero-order chi connectivity index (χ0) is 14.7. The van der Waals surface area contributed by atoms with Crippen LogP contribution in [0.15, 0.2) is 18.2 Å². The molecule has 0 radical (unpaired) electrons. The Labute approximate surface area is 131 Å². The number of halogens is 2. The zero-order valence-electron chi connectivity index (χ0n) is 12.5. The molecule has 0 N–H and O–H groups in total. The fourth-order valence-corrected chi connectivity index (χ4v) is 3.85. The molecule has 1 unspecified atom stereocenters. The van der Waals surface area contributed by atoms with Gasteiger partial charge in [0.05, 0.1) is 0 Å². The minimum Gasteiger partial charge on any atom is -0.302 e. The van der Waals surface area contributed by atoms with Gasteiger partial charge in [0.15, 0.2) is 0 Å². The van der Waals surface area contributed by atoms with Gasteiger partial charge in [-0.3, -0.25) is 4.90 Å². The molecule has 0 saturated carbocycles. The molecule has 1 aromatic rings. The van der Waals surface area contributed by atoms with Crippen molar-refractivity contribution in [2.75, 3.05) is 26.2 Å². The molecule has 116 valence electrons. The number of hydrogen-bond acceptors (Lipinski definition) is 2. The quantitative estimate of drug-likeness (QED) is 0.831. The van der Waals surface area contributed by atoms with Gasteiger partial charge in [-0.2, -0.15) is 0 Å². The van der Waals surface area contributed by atoms with Gasteiger partial charge in [-0.1, -0.05) is 24.1 Å². The molecule has 4 heteroatoms. The molecule has 0 aromatic heterocycles. The zero-order valence-corrected chi connectivity index (χ0v) is 13.3. The van der Waals surface area contributed by atoms with Crippen molar-refractivity contribution in [3.8, 4) is 0 Å². The van der Waals surface area contributed by atoms with Gasteiger partial charge in [0.25, 0.3) is 0 Å². The average molecular weight is 311 g/mol. The van der Waals surface area contributed by atoms with E-state index in [9.17, 15) is 4.39 Å². The molecule has 2 aliphatic heterocycles. The summed E-state index contributed by atoms with van der Waals surface area (Å²) in [6.07, 6.45) is 6.61. The van der Waals surface area contributed by atoms with Crippen LogP contribution in [0.5, 0.6) is 0 Å². The van der Waals surface area contributed by atoms with Gasteiger partial charge in [0.2, 0.25) is 0 Å². The van der Waals surface area contributed by atoms with E-state index in [-0.39, 0.29) is 5.82 Å². The van der Waals surface area contributed by atoms with E-state index >= 15 is 0 Å². The lowest BCUT2D eigenvalue weighted by Gasteiger charge is -2.33. The molecular weight excluding hydrogens is 287 g/mol. The van der Waals surface area contributed by atoms with Crippen molar-refractivity contribution in [1.29, 1.82) is 0 Å². The fourth-order valence-electron chi connectivity index (χ4n) is 3.62. The molecule has 0 bridgehead atoms. The average Bonchev–Trinajstić information content (AvgIpc) is 2.90. The summed E-state index contributed by atoms with van der Waals surface area (Å²) in [5.74, 6) is -0.255. The van der Waals surface area contributed by atoms with Gasteiger partial charge < -0.3 is 4.90 Å². The third-order valence-electron chi connectivity index (χ3n) is 4.81. The van der Waals surface area contributed by atoms with Crippen LogP contribution in [0, 0.1) is 5.82 Å². The van der Waals surface area contributed by atoms with Gasteiger partial charge in [0, 0.05) is 24.2 Å². The van der Waals surface area contributed by atoms with Gasteiger partial charge in [-0.25, -0.2) is 4.39 Å². The molecule has 3 rings (SSSR count). The maximum atomic E-state index is 13.1.